The van der Waals surface area contributed by atoms with Gasteiger partial charge in [0.2, 0.25) is 0 Å². The van der Waals surface area contributed by atoms with Crippen molar-refractivity contribution in [1.29, 1.82) is 0 Å². The van der Waals surface area contributed by atoms with Crippen LogP contribution in [-0.4, -0.2) is 21.4 Å². The number of hydrogen-bond donors (Lipinski definition) is 2. The van der Waals surface area contributed by atoms with Crippen molar-refractivity contribution in [1.82, 2.24) is 20.4 Å². The predicted octanol–water partition coefficient (Wildman–Crippen LogP) is 3.13. The standard InChI is InChI=1S/C22H24N4O3S/c1-3-26-17-10-9-15(11-16(17)23-13(2)22(26)29)20(27)24-25-21(28)19-12-14-7-5-4-6-8-18(14)30-19/h9-12H,3-8H2,1-2H3,(H,24,27)(H,25,28). The van der Waals surface area contributed by atoms with Crippen LogP contribution in [0.4, 0.5) is 0 Å². The Morgan fingerprint density at radius 2 is 1.87 bits per heavy atom. The van der Waals surface area contributed by atoms with E-state index in [9.17, 15) is 14.4 Å². The Morgan fingerprint density at radius 3 is 2.67 bits per heavy atom. The van der Waals surface area contributed by atoms with Gasteiger partial charge in [-0.25, -0.2) is 4.98 Å². The molecule has 30 heavy (non-hydrogen) atoms. The molecule has 0 fully saturated rings. The van der Waals surface area contributed by atoms with Gasteiger partial charge in [0, 0.05) is 17.0 Å². The molecule has 2 aromatic heterocycles. The molecule has 2 amide bonds. The molecule has 0 unspecified atom stereocenters. The normalized spacial score (nSPS) is 13.5. The van der Waals surface area contributed by atoms with Crippen molar-refractivity contribution < 1.29 is 9.59 Å². The molecule has 0 aliphatic heterocycles. The fourth-order valence-electron chi connectivity index (χ4n) is 3.86. The lowest BCUT2D eigenvalue weighted by Gasteiger charge is -2.10. The van der Waals surface area contributed by atoms with Gasteiger partial charge in [-0.3, -0.25) is 25.2 Å². The number of amides is 2. The molecule has 2 heterocycles. The summed E-state index contributed by atoms with van der Waals surface area (Å²) in [6, 6.07) is 6.90. The third-order valence-corrected chi connectivity index (χ3v) is 6.68. The summed E-state index contributed by atoms with van der Waals surface area (Å²) < 4.78 is 1.63. The van der Waals surface area contributed by atoms with Gasteiger partial charge in [-0.15, -0.1) is 11.3 Å². The molecule has 0 radical (unpaired) electrons. The fraction of sp³-hybridized carbons (Fsp3) is 0.364. The van der Waals surface area contributed by atoms with Gasteiger partial charge in [0.05, 0.1) is 15.9 Å². The number of aryl methyl sites for hydroxylation is 4. The number of carbonyl (C=O) groups excluding carboxylic acids is 2. The molecule has 8 heteroatoms. The summed E-state index contributed by atoms with van der Waals surface area (Å²) in [6.45, 7) is 4.06. The number of hydrazine groups is 1. The van der Waals surface area contributed by atoms with Crippen molar-refractivity contribution in [2.45, 2.75) is 52.5 Å². The topological polar surface area (TPSA) is 93.1 Å². The number of benzene rings is 1. The van der Waals surface area contributed by atoms with Crippen LogP contribution in [-0.2, 0) is 19.4 Å². The van der Waals surface area contributed by atoms with Crippen molar-refractivity contribution in [3.63, 3.8) is 0 Å². The first kappa shape index (κ1) is 20.3. The van der Waals surface area contributed by atoms with Crippen molar-refractivity contribution >= 4 is 34.2 Å². The molecule has 4 rings (SSSR count). The maximum Gasteiger partial charge on any atom is 0.279 e. The zero-order valence-electron chi connectivity index (χ0n) is 17.1. The van der Waals surface area contributed by atoms with Gasteiger partial charge in [-0.2, -0.15) is 0 Å². The molecule has 1 aliphatic rings. The minimum Gasteiger partial charge on any atom is -0.305 e. The Hall–Kier alpha value is -3.00. The zero-order valence-corrected chi connectivity index (χ0v) is 17.9. The quantitative estimate of drug-likeness (QED) is 0.499. The highest BCUT2D eigenvalue weighted by Crippen LogP contribution is 2.28. The Balaban J connectivity index is 1.49. The summed E-state index contributed by atoms with van der Waals surface area (Å²) in [5.74, 6) is -0.743. The van der Waals surface area contributed by atoms with Crippen LogP contribution in [0.15, 0.2) is 29.1 Å². The SMILES string of the molecule is CCn1c(=O)c(C)nc2cc(C(=O)NNC(=O)c3cc4c(s3)CCCCC4)ccc21. The number of fused-ring (bicyclic) bond motifs is 2. The minimum absolute atomic E-state index is 0.135. The second-order valence-corrected chi connectivity index (χ2v) is 8.61. The van der Waals surface area contributed by atoms with Crippen LogP contribution in [0.3, 0.4) is 0 Å². The summed E-state index contributed by atoms with van der Waals surface area (Å²) in [5.41, 5.74) is 8.09. The Bertz CT molecular complexity index is 1170. The highest BCUT2D eigenvalue weighted by atomic mass is 32.1. The number of carbonyl (C=O) groups is 2. The molecule has 156 valence electrons. The Morgan fingerprint density at radius 1 is 1.10 bits per heavy atom. The van der Waals surface area contributed by atoms with Gasteiger partial charge in [-0.1, -0.05) is 6.42 Å². The van der Waals surface area contributed by atoms with Crippen LogP contribution in [0, 0.1) is 6.92 Å². The number of hydrogen-bond acceptors (Lipinski definition) is 5. The van der Waals surface area contributed by atoms with Crippen LogP contribution >= 0.6 is 11.3 Å². The number of thiophene rings is 1. The summed E-state index contributed by atoms with van der Waals surface area (Å²) in [6.07, 6.45) is 5.58. The molecule has 0 atom stereocenters. The molecule has 1 aliphatic carbocycles. The van der Waals surface area contributed by atoms with Crippen LogP contribution in [0.1, 0.15) is 62.4 Å². The van der Waals surface area contributed by atoms with Crippen LogP contribution in [0.2, 0.25) is 0 Å². The van der Waals surface area contributed by atoms with Gasteiger partial charge in [0.25, 0.3) is 17.4 Å². The van der Waals surface area contributed by atoms with Crippen molar-refractivity contribution in [3.05, 3.63) is 61.2 Å². The first-order valence-electron chi connectivity index (χ1n) is 10.2. The van der Waals surface area contributed by atoms with Crippen LogP contribution < -0.4 is 16.4 Å². The molecular formula is C22H24N4O3S. The second kappa shape index (κ2) is 8.39. The van der Waals surface area contributed by atoms with Crippen molar-refractivity contribution in [3.8, 4) is 0 Å². The van der Waals surface area contributed by atoms with E-state index in [-0.39, 0.29) is 11.5 Å². The second-order valence-electron chi connectivity index (χ2n) is 7.48. The smallest absolute Gasteiger partial charge is 0.279 e. The maximum absolute atomic E-state index is 12.6. The maximum atomic E-state index is 12.6. The summed E-state index contributed by atoms with van der Waals surface area (Å²) in [5, 5.41) is 0. The monoisotopic (exact) mass is 424 g/mol. The number of aromatic nitrogens is 2. The van der Waals surface area contributed by atoms with Crippen LogP contribution in [0.25, 0.3) is 11.0 Å². The number of nitrogens with zero attached hydrogens (tertiary/aromatic N) is 2. The molecule has 2 N–H and O–H groups in total. The van der Waals surface area contributed by atoms with Gasteiger partial charge in [0.15, 0.2) is 0 Å². The predicted molar refractivity (Wildman–Crippen MR) is 117 cm³/mol. The van der Waals surface area contributed by atoms with E-state index < -0.39 is 5.91 Å². The van der Waals surface area contributed by atoms with E-state index in [1.54, 1.807) is 29.7 Å². The fourth-order valence-corrected chi connectivity index (χ4v) is 5.01. The molecule has 3 aromatic rings. The lowest BCUT2D eigenvalue weighted by atomic mass is 10.1. The molecule has 7 nitrogen and oxygen atoms in total. The highest BCUT2D eigenvalue weighted by Gasteiger charge is 2.17. The summed E-state index contributed by atoms with van der Waals surface area (Å²) in [7, 11) is 0. The molecule has 0 bridgehead atoms. The molecule has 0 saturated heterocycles. The summed E-state index contributed by atoms with van der Waals surface area (Å²) >= 11 is 1.51. The van der Waals surface area contributed by atoms with Crippen molar-refractivity contribution in [2.75, 3.05) is 0 Å². The van der Waals surface area contributed by atoms with Crippen LogP contribution in [0.5, 0.6) is 0 Å². The minimum atomic E-state index is -0.433. The third-order valence-electron chi connectivity index (χ3n) is 5.45. The largest absolute Gasteiger partial charge is 0.305 e. The Labute approximate surface area is 178 Å². The van der Waals surface area contributed by atoms with Crippen molar-refractivity contribution in [2.24, 2.45) is 0 Å². The van der Waals surface area contributed by atoms with E-state index in [1.165, 1.54) is 28.2 Å². The third kappa shape index (κ3) is 3.87. The van der Waals surface area contributed by atoms with E-state index in [4.69, 9.17) is 0 Å². The van der Waals surface area contributed by atoms with Gasteiger partial charge >= 0.3 is 0 Å². The van der Waals surface area contributed by atoms with Gasteiger partial charge < -0.3 is 4.57 Å². The first-order chi connectivity index (χ1) is 14.5. The Kier molecular flexibility index (Phi) is 5.67. The van der Waals surface area contributed by atoms with E-state index in [1.807, 2.05) is 13.0 Å². The zero-order chi connectivity index (χ0) is 21.3. The average Bonchev–Trinajstić information content (AvgIpc) is 3.03. The van der Waals surface area contributed by atoms with Gasteiger partial charge in [0.1, 0.15) is 5.69 Å². The summed E-state index contributed by atoms with van der Waals surface area (Å²) in [4.78, 5) is 43.5. The van der Waals surface area contributed by atoms with E-state index in [0.29, 0.717) is 33.7 Å². The van der Waals surface area contributed by atoms with E-state index in [2.05, 4.69) is 15.8 Å². The lowest BCUT2D eigenvalue weighted by molar-refractivity contribution is 0.0849. The highest BCUT2D eigenvalue weighted by molar-refractivity contribution is 7.14. The lowest BCUT2D eigenvalue weighted by Crippen LogP contribution is -2.41. The molecule has 1 aromatic carbocycles. The molecule has 0 saturated carbocycles. The average molecular weight is 425 g/mol. The molecule has 0 spiro atoms. The van der Waals surface area contributed by atoms with Gasteiger partial charge in [-0.05, 0) is 69.4 Å². The molecular weight excluding hydrogens is 400 g/mol. The number of rotatable bonds is 3. The first-order valence-corrected chi connectivity index (χ1v) is 11.0. The van der Waals surface area contributed by atoms with E-state index >= 15 is 0 Å². The number of nitrogens with one attached hydrogen (secondary N) is 2. The van der Waals surface area contributed by atoms with E-state index in [0.717, 1.165) is 25.7 Å².